The van der Waals surface area contributed by atoms with Gasteiger partial charge in [-0.1, -0.05) is 48.5 Å². The van der Waals surface area contributed by atoms with Gasteiger partial charge in [-0.2, -0.15) is 0 Å². The van der Waals surface area contributed by atoms with Crippen molar-refractivity contribution in [2.75, 3.05) is 5.32 Å². The number of fused-ring (bicyclic) bond motifs is 1. The molecule has 0 radical (unpaired) electrons. The SMILES string of the molecule is Cc1cccc(C)c1Nc1c(CCc2ccccc2)nc2c(C(=O)NC3CCC(N)CC3)cccn12. The molecule has 0 atom stereocenters. The molecule has 1 aliphatic carbocycles. The molecule has 2 aromatic carbocycles. The highest BCUT2D eigenvalue weighted by molar-refractivity contribution is 6.00. The molecule has 4 aromatic rings. The number of pyridine rings is 1. The molecule has 2 heterocycles. The first-order chi connectivity index (χ1) is 17.5. The first kappa shape index (κ1) is 24.1. The number of carbonyl (C=O) groups is 1. The van der Waals surface area contributed by atoms with E-state index in [0.717, 1.165) is 55.7 Å². The summed E-state index contributed by atoms with van der Waals surface area (Å²) in [5, 5.41) is 6.91. The largest absolute Gasteiger partial charge is 0.349 e. The first-order valence-electron chi connectivity index (χ1n) is 12.9. The van der Waals surface area contributed by atoms with Crippen LogP contribution < -0.4 is 16.4 Å². The fraction of sp³-hybridized carbons (Fsp3) is 0.333. The number of benzene rings is 2. The highest BCUT2D eigenvalue weighted by Gasteiger charge is 2.23. The molecular weight excluding hydrogens is 446 g/mol. The number of nitrogens with one attached hydrogen (secondary N) is 2. The Morgan fingerprint density at radius 3 is 2.39 bits per heavy atom. The maximum absolute atomic E-state index is 13.4. The van der Waals surface area contributed by atoms with Crippen LogP contribution in [0, 0.1) is 13.8 Å². The van der Waals surface area contributed by atoms with Crippen LogP contribution in [0.1, 0.15) is 58.4 Å². The molecule has 6 heteroatoms. The van der Waals surface area contributed by atoms with E-state index in [0.29, 0.717) is 11.2 Å². The number of anilines is 2. The summed E-state index contributed by atoms with van der Waals surface area (Å²) in [5.74, 6) is 0.843. The molecule has 0 bridgehead atoms. The monoisotopic (exact) mass is 481 g/mol. The van der Waals surface area contributed by atoms with Gasteiger partial charge in [-0.3, -0.25) is 9.20 Å². The number of nitrogens with two attached hydrogens (primary N) is 1. The predicted molar refractivity (Wildman–Crippen MR) is 146 cm³/mol. The summed E-state index contributed by atoms with van der Waals surface area (Å²) >= 11 is 0. The van der Waals surface area contributed by atoms with Crippen molar-refractivity contribution in [3.8, 4) is 0 Å². The van der Waals surface area contributed by atoms with Gasteiger partial charge in [-0.05, 0) is 81.2 Å². The van der Waals surface area contributed by atoms with Crippen LogP contribution in [0.2, 0.25) is 0 Å². The second-order valence-electron chi connectivity index (χ2n) is 9.99. The van der Waals surface area contributed by atoms with Gasteiger partial charge in [0, 0.05) is 24.0 Å². The zero-order valence-electron chi connectivity index (χ0n) is 21.1. The van der Waals surface area contributed by atoms with Gasteiger partial charge in [0.05, 0.1) is 11.3 Å². The first-order valence-corrected chi connectivity index (χ1v) is 12.9. The molecule has 2 aromatic heterocycles. The smallest absolute Gasteiger partial charge is 0.255 e. The summed E-state index contributed by atoms with van der Waals surface area (Å²) < 4.78 is 2.03. The van der Waals surface area contributed by atoms with Crippen molar-refractivity contribution in [3.05, 3.63) is 94.8 Å². The van der Waals surface area contributed by atoms with Gasteiger partial charge in [-0.25, -0.2) is 4.98 Å². The summed E-state index contributed by atoms with van der Waals surface area (Å²) in [6.45, 7) is 4.22. The Bertz CT molecular complexity index is 1330. The van der Waals surface area contributed by atoms with Gasteiger partial charge >= 0.3 is 0 Å². The van der Waals surface area contributed by atoms with Crippen LogP contribution in [0.25, 0.3) is 5.65 Å². The van der Waals surface area contributed by atoms with E-state index >= 15 is 0 Å². The standard InChI is InChI=1S/C30H35N5O/c1-20-8-6-9-21(2)27(20)34-29-26(18-13-22-10-4-3-5-11-22)33-28-25(12-7-19-35(28)29)30(36)32-24-16-14-23(31)15-17-24/h3-12,19,23-24,34H,13-18,31H2,1-2H3,(H,32,36). The van der Waals surface area contributed by atoms with Crippen LogP contribution in [0.5, 0.6) is 0 Å². The molecule has 0 unspecified atom stereocenters. The zero-order chi connectivity index (χ0) is 25.1. The number of nitrogens with zero attached hydrogens (tertiary/aromatic N) is 2. The van der Waals surface area contributed by atoms with Gasteiger partial charge in [0.25, 0.3) is 5.91 Å². The molecule has 36 heavy (non-hydrogen) atoms. The third kappa shape index (κ3) is 5.14. The van der Waals surface area contributed by atoms with Crippen LogP contribution in [0.4, 0.5) is 11.5 Å². The Morgan fingerprint density at radius 2 is 1.67 bits per heavy atom. The molecule has 5 rings (SSSR count). The van der Waals surface area contributed by atoms with Crippen molar-refractivity contribution < 1.29 is 4.79 Å². The highest BCUT2D eigenvalue weighted by atomic mass is 16.1. The third-order valence-electron chi connectivity index (χ3n) is 7.29. The lowest BCUT2D eigenvalue weighted by atomic mass is 9.91. The normalized spacial score (nSPS) is 17.8. The Morgan fingerprint density at radius 1 is 0.944 bits per heavy atom. The summed E-state index contributed by atoms with van der Waals surface area (Å²) in [5.41, 5.74) is 13.0. The average molecular weight is 482 g/mol. The van der Waals surface area contributed by atoms with Crippen molar-refractivity contribution in [2.45, 2.75) is 64.5 Å². The van der Waals surface area contributed by atoms with Gasteiger partial charge in [0.15, 0.2) is 5.65 Å². The molecule has 1 fully saturated rings. The van der Waals surface area contributed by atoms with Gasteiger partial charge < -0.3 is 16.4 Å². The second-order valence-corrected chi connectivity index (χ2v) is 9.99. The van der Waals surface area contributed by atoms with E-state index in [9.17, 15) is 4.79 Å². The molecule has 6 nitrogen and oxygen atoms in total. The summed E-state index contributed by atoms with van der Waals surface area (Å²) in [7, 11) is 0. The molecule has 0 aliphatic heterocycles. The minimum atomic E-state index is -0.0701. The molecule has 1 saturated carbocycles. The van der Waals surface area contributed by atoms with E-state index in [1.54, 1.807) is 0 Å². The highest BCUT2D eigenvalue weighted by Crippen LogP contribution is 2.29. The molecular formula is C30H35N5O. The van der Waals surface area contributed by atoms with Crippen molar-refractivity contribution in [1.29, 1.82) is 0 Å². The minimum absolute atomic E-state index is 0.0701. The van der Waals surface area contributed by atoms with E-state index < -0.39 is 0 Å². The molecule has 1 amide bonds. The van der Waals surface area contributed by atoms with Gasteiger partial charge in [0.2, 0.25) is 0 Å². The van der Waals surface area contributed by atoms with E-state index in [-0.39, 0.29) is 18.0 Å². The van der Waals surface area contributed by atoms with Crippen LogP contribution in [-0.2, 0) is 12.8 Å². The fourth-order valence-corrected chi connectivity index (χ4v) is 5.16. The maximum Gasteiger partial charge on any atom is 0.255 e. The number of hydrogen-bond acceptors (Lipinski definition) is 4. The third-order valence-corrected chi connectivity index (χ3v) is 7.29. The van der Waals surface area contributed by atoms with Crippen molar-refractivity contribution >= 4 is 23.1 Å². The van der Waals surface area contributed by atoms with Crippen LogP contribution in [-0.4, -0.2) is 27.4 Å². The quantitative estimate of drug-likeness (QED) is 0.326. The van der Waals surface area contributed by atoms with Crippen LogP contribution in [0.3, 0.4) is 0 Å². The number of aromatic nitrogens is 2. The summed E-state index contributed by atoms with van der Waals surface area (Å²) in [6, 6.07) is 20.9. The number of para-hydroxylation sites is 1. The zero-order valence-corrected chi connectivity index (χ0v) is 21.1. The number of rotatable bonds is 7. The second kappa shape index (κ2) is 10.5. The number of carbonyl (C=O) groups excluding carboxylic acids is 1. The van der Waals surface area contributed by atoms with E-state index in [4.69, 9.17) is 10.7 Å². The lowest BCUT2D eigenvalue weighted by Gasteiger charge is -2.26. The van der Waals surface area contributed by atoms with Crippen molar-refractivity contribution in [1.82, 2.24) is 14.7 Å². The van der Waals surface area contributed by atoms with Crippen LogP contribution >= 0.6 is 0 Å². The number of amides is 1. The minimum Gasteiger partial charge on any atom is -0.349 e. The number of hydrogen-bond donors (Lipinski definition) is 3. The van der Waals surface area contributed by atoms with Crippen molar-refractivity contribution in [3.63, 3.8) is 0 Å². The lowest BCUT2D eigenvalue weighted by Crippen LogP contribution is -2.40. The summed E-state index contributed by atoms with van der Waals surface area (Å²) in [6.07, 6.45) is 7.37. The van der Waals surface area contributed by atoms with Crippen molar-refractivity contribution in [2.24, 2.45) is 5.73 Å². The molecule has 0 saturated heterocycles. The summed E-state index contributed by atoms with van der Waals surface area (Å²) in [4.78, 5) is 18.4. The van der Waals surface area contributed by atoms with E-state index in [1.807, 2.05) is 28.8 Å². The Balaban J connectivity index is 1.50. The van der Waals surface area contributed by atoms with E-state index in [1.165, 1.54) is 16.7 Å². The Hall–Kier alpha value is -3.64. The average Bonchev–Trinajstić information content (AvgIpc) is 3.24. The molecule has 4 N–H and O–H groups in total. The van der Waals surface area contributed by atoms with Gasteiger partial charge in [0.1, 0.15) is 5.82 Å². The lowest BCUT2D eigenvalue weighted by molar-refractivity contribution is 0.0927. The maximum atomic E-state index is 13.4. The number of aryl methyl sites for hydroxylation is 4. The Kier molecular flexibility index (Phi) is 7.05. The molecule has 186 valence electrons. The van der Waals surface area contributed by atoms with Gasteiger partial charge in [-0.15, -0.1) is 0 Å². The van der Waals surface area contributed by atoms with E-state index in [2.05, 4.69) is 66.9 Å². The topological polar surface area (TPSA) is 84.5 Å². The molecule has 0 spiro atoms. The fourth-order valence-electron chi connectivity index (χ4n) is 5.16. The Labute approximate surface area is 212 Å². The van der Waals surface area contributed by atoms with Crippen LogP contribution in [0.15, 0.2) is 66.9 Å². The number of imidazole rings is 1. The molecule has 1 aliphatic rings. The predicted octanol–water partition coefficient (Wildman–Crippen LogP) is 5.48.